The fourth-order valence-electron chi connectivity index (χ4n) is 3.55. The Hall–Kier alpha value is -1.39. The predicted molar refractivity (Wildman–Crippen MR) is 87.0 cm³/mol. The Kier molecular flexibility index (Phi) is 5.11. The third-order valence-electron chi connectivity index (χ3n) is 4.94. The van der Waals surface area contributed by atoms with E-state index in [0.29, 0.717) is 25.7 Å². The zero-order valence-corrected chi connectivity index (χ0v) is 13.5. The summed E-state index contributed by atoms with van der Waals surface area (Å²) in [6.45, 7) is 7.67. The van der Waals surface area contributed by atoms with Crippen molar-refractivity contribution in [1.29, 1.82) is 0 Å². The van der Waals surface area contributed by atoms with Gasteiger partial charge in [-0.1, -0.05) is 24.3 Å². The Balaban J connectivity index is 1.49. The second-order valence-corrected chi connectivity index (χ2v) is 6.40. The fourth-order valence-corrected chi connectivity index (χ4v) is 3.55. The van der Waals surface area contributed by atoms with Crippen molar-refractivity contribution in [3.8, 4) is 0 Å². The Morgan fingerprint density at radius 1 is 1.14 bits per heavy atom. The van der Waals surface area contributed by atoms with E-state index in [1.54, 1.807) is 0 Å². The lowest BCUT2D eigenvalue weighted by atomic mass is 9.87. The minimum absolute atomic E-state index is 0.262. The Bertz CT molecular complexity index is 504. The molecule has 3 rings (SSSR count). The molecule has 0 spiro atoms. The SMILES string of the molecule is Cc1ccccc1C1CCN(CC(=O)N2CCOCC2)CC1. The van der Waals surface area contributed by atoms with E-state index in [9.17, 15) is 4.79 Å². The number of carbonyl (C=O) groups excluding carboxylic acids is 1. The maximum Gasteiger partial charge on any atom is 0.236 e. The Morgan fingerprint density at radius 2 is 1.82 bits per heavy atom. The van der Waals surface area contributed by atoms with Gasteiger partial charge in [0.1, 0.15) is 0 Å². The van der Waals surface area contributed by atoms with Gasteiger partial charge in [-0.2, -0.15) is 0 Å². The maximum absolute atomic E-state index is 12.3. The minimum atomic E-state index is 0.262. The van der Waals surface area contributed by atoms with Crippen LogP contribution in [0.1, 0.15) is 29.9 Å². The molecule has 4 heteroatoms. The number of nitrogens with zero attached hydrogens (tertiary/aromatic N) is 2. The van der Waals surface area contributed by atoms with E-state index in [1.807, 2.05) is 4.90 Å². The van der Waals surface area contributed by atoms with Gasteiger partial charge in [0.2, 0.25) is 5.91 Å². The summed E-state index contributed by atoms with van der Waals surface area (Å²) in [5.41, 5.74) is 2.88. The summed E-state index contributed by atoms with van der Waals surface area (Å²) in [4.78, 5) is 16.6. The number of morpholine rings is 1. The van der Waals surface area contributed by atoms with Gasteiger partial charge in [-0.05, 0) is 49.9 Å². The number of rotatable bonds is 3. The van der Waals surface area contributed by atoms with Crippen molar-refractivity contribution in [2.45, 2.75) is 25.7 Å². The molecule has 2 heterocycles. The molecule has 0 radical (unpaired) electrons. The van der Waals surface area contributed by atoms with Gasteiger partial charge in [0.15, 0.2) is 0 Å². The largest absolute Gasteiger partial charge is 0.378 e. The molecule has 0 aliphatic carbocycles. The highest BCUT2D eigenvalue weighted by Crippen LogP contribution is 2.29. The number of ether oxygens (including phenoxy) is 1. The van der Waals surface area contributed by atoms with E-state index in [2.05, 4.69) is 36.1 Å². The normalized spacial score (nSPS) is 21.0. The third-order valence-corrected chi connectivity index (χ3v) is 4.94. The third kappa shape index (κ3) is 3.68. The lowest BCUT2D eigenvalue weighted by Gasteiger charge is -2.34. The molecule has 1 aromatic carbocycles. The van der Waals surface area contributed by atoms with Crippen molar-refractivity contribution in [2.24, 2.45) is 0 Å². The highest BCUT2D eigenvalue weighted by Gasteiger charge is 2.25. The van der Waals surface area contributed by atoms with Crippen molar-refractivity contribution in [1.82, 2.24) is 9.80 Å². The van der Waals surface area contributed by atoms with Crippen LogP contribution in [0.25, 0.3) is 0 Å². The number of benzene rings is 1. The van der Waals surface area contributed by atoms with Crippen molar-refractivity contribution in [3.63, 3.8) is 0 Å². The molecular weight excluding hydrogens is 276 g/mol. The molecule has 0 N–H and O–H groups in total. The number of piperidine rings is 1. The van der Waals surface area contributed by atoms with E-state index in [-0.39, 0.29) is 5.91 Å². The lowest BCUT2D eigenvalue weighted by molar-refractivity contribution is -0.136. The smallest absolute Gasteiger partial charge is 0.236 e. The lowest BCUT2D eigenvalue weighted by Crippen LogP contribution is -2.47. The van der Waals surface area contributed by atoms with Crippen LogP contribution in [0.15, 0.2) is 24.3 Å². The van der Waals surface area contributed by atoms with Crippen LogP contribution in [0.4, 0.5) is 0 Å². The molecule has 0 unspecified atom stereocenters. The van der Waals surface area contributed by atoms with Crippen molar-refractivity contribution >= 4 is 5.91 Å². The molecule has 0 saturated carbocycles. The van der Waals surface area contributed by atoms with Gasteiger partial charge in [0.25, 0.3) is 0 Å². The Morgan fingerprint density at radius 3 is 2.50 bits per heavy atom. The van der Waals surface area contributed by atoms with Crippen LogP contribution in [0.2, 0.25) is 0 Å². The summed E-state index contributed by atoms with van der Waals surface area (Å²) in [6.07, 6.45) is 2.31. The highest BCUT2D eigenvalue weighted by atomic mass is 16.5. The molecule has 4 nitrogen and oxygen atoms in total. The van der Waals surface area contributed by atoms with Crippen molar-refractivity contribution < 1.29 is 9.53 Å². The molecule has 2 aliphatic rings. The molecule has 2 fully saturated rings. The number of likely N-dealkylation sites (tertiary alicyclic amines) is 1. The molecule has 0 aromatic heterocycles. The Labute approximate surface area is 133 Å². The summed E-state index contributed by atoms with van der Waals surface area (Å²) in [6, 6.07) is 8.70. The number of hydrogen-bond acceptors (Lipinski definition) is 3. The standard InChI is InChI=1S/C18H26N2O2/c1-15-4-2-3-5-17(15)16-6-8-19(9-7-16)14-18(21)20-10-12-22-13-11-20/h2-5,16H,6-14H2,1H3. The summed E-state index contributed by atoms with van der Waals surface area (Å²) in [5.74, 6) is 0.911. The van der Waals surface area contributed by atoms with Gasteiger partial charge < -0.3 is 9.64 Å². The maximum atomic E-state index is 12.3. The molecule has 2 aliphatic heterocycles. The zero-order valence-electron chi connectivity index (χ0n) is 13.5. The van der Waals surface area contributed by atoms with Crippen molar-refractivity contribution in [2.75, 3.05) is 45.9 Å². The van der Waals surface area contributed by atoms with Crippen LogP contribution in [-0.4, -0.2) is 61.6 Å². The average Bonchev–Trinajstić information content (AvgIpc) is 2.57. The van der Waals surface area contributed by atoms with Gasteiger partial charge in [0, 0.05) is 13.1 Å². The van der Waals surface area contributed by atoms with Crippen LogP contribution >= 0.6 is 0 Å². The average molecular weight is 302 g/mol. The van der Waals surface area contributed by atoms with Crippen LogP contribution < -0.4 is 0 Å². The van der Waals surface area contributed by atoms with Gasteiger partial charge in [-0.25, -0.2) is 0 Å². The molecule has 120 valence electrons. The summed E-state index contributed by atoms with van der Waals surface area (Å²) in [7, 11) is 0. The van der Waals surface area contributed by atoms with E-state index >= 15 is 0 Å². The first-order valence-corrected chi connectivity index (χ1v) is 8.37. The fraction of sp³-hybridized carbons (Fsp3) is 0.611. The first kappa shape index (κ1) is 15.5. The summed E-state index contributed by atoms with van der Waals surface area (Å²) < 4.78 is 5.31. The van der Waals surface area contributed by atoms with E-state index in [1.165, 1.54) is 11.1 Å². The van der Waals surface area contributed by atoms with Crippen LogP contribution in [0.5, 0.6) is 0 Å². The molecule has 0 atom stereocenters. The highest BCUT2D eigenvalue weighted by molar-refractivity contribution is 5.78. The molecule has 22 heavy (non-hydrogen) atoms. The van der Waals surface area contributed by atoms with Gasteiger partial charge in [-0.3, -0.25) is 9.69 Å². The van der Waals surface area contributed by atoms with E-state index in [0.717, 1.165) is 39.0 Å². The monoisotopic (exact) mass is 302 g/mol. The zero-order chi connectivity index (χ0) is 15.4. The van der Waals surface area contributed by atoms with E-state index < -0.39 is 0 Å². The second-order valence-electron chi connectivity index (χ2n) is 6.40. The van der Waals surface area contributed by atoms with Crippen molar-refractivity contribution in [3.05, 3.63) is 35.4 Å². The van der Waals surface area contributed by atoms with Gasteiger partial charge >= 0.3 is 0 Å². The predicted octanol–water partition coefficient (Wildman–Crippen LogP) is 2.03. The molecule has 1 amide bonds. The second kappa shape index (κ2) is 7.25. The molecule has 0 bridgehead atoms. The molecular formula is C18H26N2O2. The van der Waals surface area contributed by atoms with Crippen LogP contribution in [-0.2, 0) is 9.53 Å². The summed E-state index contributed by atoms with van der Waals surface area (Å²) >= 11 is 0. The van der Waals surface area contributed by atoms with Crippen LogP contribution in [0.3, 0.4) is 0 Å². The number of hydrogen-bond donors (Lipinski definition) is 0. The quantitative estimate of drug-likeness (QED) is 0.856. The van der Waals surface area contributed by atoms with Gasteiger partial charge in [0.05, 0.1) is 19.8 Å². The number of carbonyl (C=O) groups is 1. The van der Waals surface area contributed by atoms with E-state index in [4.69, 9.17) is 4.74 Å². The summed E-state index contributed by atoms with van der Waals surface area (Å²) in [5, 5.41) is 0. The minimum Gasteiger partial charge on any atom is -0.378 e. The molecule has 1 aromatic rings. The number of amides is 1. The first-order valence-electron chi connectivity index (χ1n) is 8.37. The van der Waals surface area contributed by atoms with Crippen LogP contribution in [0, 0.1) is 6.92 Å². The van der Waals surface area contributed by atoms with Gasteiger partial charge in [-0.15, -0.1) is 0 Å². The first-order chi connectivity index (χ1) is 10.7. The topological polar surface area (TPSA) is 32.8 Å². The number of aryl methyl sites for hydroxylation is 1. The molecule has 2 saturated heterocycles.